The van der Waals surface area contributed by atoms with Gasteiger partial charge in [-0.15, -0.1) is 0 Å². The lowest BCUT2D eigenvalue weighted by molar-refractivity contribution is -0.139. The summed E-state index contributed by atoms with van der Waals surface area (Å²) in [5.74, 6) is -1.12. The van der Waals surface area contributed by atoms with Crippen molar-refractivity contribution in [3.8, 4) is 0 Å². The number of urea groups is 1. The maximum Gasteiger partial charge on any atom is 0.331 e. The number of hydrogen-bond donors (Lipinski definition) is 3. The highest BCUT2D eigenvalue weighted by Crippen LogP contribution is 2.11. The Labute approximate surface area is 112 Å². The predicted molar refractivity (Wildman–Crippen MR) is 69.6 cm³/mol. The first-order valence-electron chi connectivity index (χ1n) is 6.26. The van der Waals surface area contributed by atoms with Gasteiger partial charge in [0.1, 0.15) is 0 Å². The van der Waals surface area contributed by atoms with Crippen molar-refractivity contribution in [2.24, 2.45) is 7.05 Å². The van der Waals surface area contributed by atoms with E-state index in [1.54, 1.807) is 13.2 Å². The molecule has 1 unspecified atom stereocenters. The zero-order valence-electron chi connectivity index (χ0n) is 11.4. The maximum atomic E-state index is 11.8. The van der Waals surface area contributed by atoms with Gasteiger partial charge in [0.2, 0.25) is 0 Å². The molecule has 0 bridgehead atoms. The van der Waals surface area contributed by atoms with Crippen LogP contribution in [0.3, 0.4) is 0 Å². The zero-order valence-corrected chi connectivity index (χ0v) is 11.4. The predicted octanol–water partition coefficient (Wildman–Crippen LogP) is 1.03. The number of aryl methyl sites for hydroxylation is 1. The van der Waals surface area contributed by atoms with Gasteiger partial charge < -0.3 is 15.7 Å². The number of carbonyl (C=O) groups excluding carboxylic acids is 1. The Bertz CT molecular complexity index is 440. The summed E-state index contributed by atoms with van der Waals surface area (Å²) in [6, 6.07) is -1.53. The number of carboxylic acid groups (broad SMARTS) is 1. The number of rotatable bonds is 6. The molecule has 0 spiro atoms. The van der Waals surface area contributed by atoms with Crippen molar-refractivity contribution in [3.05, 3.63) is 18.0 Å². The summed E-state index contributed by atoms with van der Waals surface area (Å²) in [6.07, 6.45) is 4.59. The second-order valence-electron chi connectivity index (χ2n) is 4.35. The van der Waals surface area contributed by atoms with Crippen LogP contribution in [0.4, 0.5) is 4.79 Å². The summed E-state index contributed by atoms with van der Waals surface area (Å²) >= 11 is 0. The van der Waals surface area contributed by atoms with Gasteiger partial charge in [-0.1, -0.05) is 13.8 Å². The molecule has 19 heavy (non-hydrogen) atoms. The summed E-state index contributed by atoms with van der Waals surface area (Å²) in [6.45, 7) is 3.93. The van der Waals surface area contributed by atoms with E-state index in [0.29, 0.717) is 5.56 Å². The molecule has 0 fully saturated rings. The fourth-order valence-electron chi connectivity index (χ4n) is 1.73. The van der Waals surface area contributed by atoms with E-state index in [1.807, 2.05) is 13.8 Å². The van der Waals surface area contributed by atoms with E-state index in [9.17, 15) is 9.59 Å². The molecule has 0 saturated heterocycles. The van der Waals surface area contributed by atoms with Crippen molar-refractivity contribution in [1.29, 1.82) is 0 Å². The van der Waals surface area contributed by atoms with Crippen molar-refractivity contribution in [2.45, 2.75) is 38.8 Å². The average Bonchev–Trinajstić information content (AvgIpc) is 2.79. The summed E-state index contributed by atoms with van der Waals surface area (Å²) in [4.78, 5) is 22.9. The summed E-state index contributed by atoms with van der Waals surface area (Å²) in [5.41, 5.74) is 0.440. The minimum absolute atomic E-state index is 0.0448. The fraction of sp³-hybridized carbons (Fsp3) is 0.583. The Hall–Kier alpha value is -2.05. The molecule has 0 aliphatic rings. The number of nitrogens with zero attached hydrogens (tertiary/aromatic N) is 2. The molecule has 1 aromatic rings. The third-order valence-corrected chi connectivity index (χ3v) is 2.90. The molecule has 0 aromatic carbocycles. The number of hydrogen-bond acceptors (Lipinski definition) is 3. The highest BCUT2D eigenvalue weighted by Gasteiger charge is 2.24. The first-order chi connectivity index (χ1) is 8.97. The molecular formula is C12H20N4O3. The van der Waals surface area contributed by atoms with Crippen molar-refractivity contribution in [1.82, 2.24) is 20.4 Å². The molecule has 1 aromatic heterocycles. The van der Waals surface area contributed by atoms with Gasteiger partial charge in [-0.2, -0.15) is 5.10 Å². The monoisotopic (exact) mass is 268 g/mol. The van der Waals surface area contributed by atoms with E-state index in [0.717, 1.165) is 12.8 Å². The molecule has 0 aliphatic heterocycles. The van der Waals surface area contributed by atoms with Crippen molar-refractivity contribution in [2.75, 3.05) is 0 Å². The van der Waals surface area contributed by atoms with Crippen LogP contribution in [0.1, 0.15) is 38.3 Å². The Morgan fingerprint density at radius 3 is 2.42 bits per heavy atom. The molecule has 0 radical (unpaired) electrons. The van der Waals surface area contributed by atoms with E-state index in [-0.39, 0.29) is 6.04 Å². The number of amides is 2. The standard InChI is InChI=1S/C12H20N4O3/c1-4-9(5-2)14-12(19)15-10(11(17)18)8-6-13-16(3)7-8/h6-7,9-10H,4-5H2,1-3H3,(H,17,18)(H2,14,15,19). The second kappa shape index (κ2) is 6.77. The zero-order chi connectivity index (χ0) is 14.4. The number of carbonyl (C=O) groups is 2. The van der Waals surface area contributed by atoms with Crippen LogP contribution in [-0.2, 0) is 11.8 Å². The number of nitrogens with one attached hydrogen (secondary N) is 2. The Morgan fingerprint density at radius 1 is 1.37 bits per heavy atom. The molecule has 1 atom stereocenters. The lowest BCUT2D eigenvalue weighted by atomic mass is 10.1. The summed E-state index contributed by atoms with van der Waals surface area (Å²) in [5, 5.41) is 18.2. The second-order valence-corrected chi connectivity index (χ2v) is 4.35. The van der Waals surface area contributed by atoms with Crippen molar-refractivity contribution < 1.29 is 14.7 Å². The van der Waals surface area contributed by atoms with Crippen LogP contribution >= 0.6 is 0 Å². The van der Waals surface area contributed by atoms with Gasteiger partial charge in [0.25, 0.3) is 0 Å². The van der Waals surface area contributed by atoms with Crippen LogP contribution in [0.15, 0.2) is 12.4 Å². The largest absolute Gasteiger partial charge is 0.479 e. The van der Waals surface area contributed by atoms with E-state index in [1.165, 1.54) is 10.9 Å². The molecule has 7 heteroatoms. The normalized spacial score (nSPS) is 12.2. The molecule has 1 heterocycles. The fourth-order valence-corrected chi connectivity index (χ4v) is 1.73. The van der Waals surface area contributed by atoms with Crippen LogP contribution in [0.25, 0.3) is 0 Å². The van der Waals surface area contributed by atoms with Gasteiger partial charge in [-0.25, -0.2) is 9.59 Å². The van der Waals surface area contributed by atoms with Gasteiger partial charge in [0.15, 0.2) is 6.04 Å². The van der Waals surface area contributed by atoms with Crippen LogP contribution in [-0.4, -0.2) is 32.9 Å². The van der Waals surface area contributed by atoms with Crippen LogP contribution < -0.4 is 10.6 Å². The number of aromatic nitrogens is 2. The average molecular weight is 268 g/mol. The van der Waals surface area contributed by atoms with Gasteiger partial charge >= 0.3 is 12.0 Å². The maximum absolute atomic E-state index is 11.8. The highest BCUT2D eigenvalue weighted by atomic mass is 16.4. The molecular weight excluding hydrogens is 248 g/mol. The molecule has 2 amide bonds. The first-order valence-corrected chi connectivity index (χ1v) is 6.26. The van der Waals surface area contributed by atoms with Gasteiger partial charge in [-0.05, 0) is 12.8 Å². The van der Waals surface area contributed by atoms with Gasteiger partial charge in [0.05, 0.1) is 6.20 Å². The molecule has 7 nitrogen and oxygen atoms in total. The van der Waals surface area contributed by atoms with Crippen molar-refractivity contribution in [3.63, 3.8) is 0 Å². The first kappa shape index (κ1) is 15.0. The van der Waals surface area contributed by atoms with Crippen LogP contribution in [0.5, 0.6) is 0 Å². The lowest BCUT2D eigenvalue weighted by Crippen LogP contribution is -2.44. The molecule has 106 valence electrons. The van der Waals surface area contributed by atoms with E-state index >= 15 is 0 Å². The van der Waals surface area contributed by atoms with E-state index < -0.39 is 18.0 Å². The number of aliphatic carboxylic acids is 1. The van der Waals surface area contributed by atoms with E-state index in [2.05, 4.69) is 15.7 Å². The van der Waals surface area contributed by atoms with Crippen molar-refractivity contribution >= 4 is 12.0 Å². The Morgan fingerprint density at radius 2 is 2.00 bits per heavy atom. The molecule has 1 rings (SSSR count). The third-order valence-electron chi connectivity index (χ3n) is 2.90. The summed E-state index contributed by atoms with van der Waals surface area (Å²) in [7, 11) is 1.69. The smallest absolute Gasteiger partial charge is 0.331 e. The lowest BCUT2D eigenvalue weighted by Gasteiger charge is -2.18. The Balaban J connectivity index is 2.69. The van der Waals surface area contributed by atoms with Gasteiger partial charge in [-0.3, -0.25) is 4.68 Å². The minimum Gasteiger partial charge on any atom is -0.479 e. The van der Waals surface area contributed by atoms with Crippen LogP contribution in [0.2, 0.25) is 0 Å². The topological polar surface area (TPSA) is 96.2 Å². The highest BCUT2D eigenvalue weighted by molar-refractivity contribution is 5.83. The number of carboxylic acids is 1. The quantitative estimate of drug-likeness (QED) is 0.718. The third kappa shape index (κ3) is 4.27. The minimum atomic E-state index is -1.12. The van der Waals surface area contributed by atoms with Gasteiger partial charge in [0, 0.05) is 24.8 Å². The summed E-state index contributed by atoms with van der Waals surface area (Å²) < 4.78 is 1.49. The van der Waals surface area contributed by atoms with Crippen LogP contribution in [0, 0.1) is 0 Å². The molecule has 0 aliphatic carbocycles. The molecule has 3 N–H and O–H groups in total. The SMILES string of the molecule is CCC(CC)NC(=O)NC(C(=O)O)c1cnn(C)c1. The van der Waals surface area contributed by atoms with E-state index in [4.69, 9.17) is 5.11 Å². The Kier molecular flexibility index (Phi) is 5.35. The molecule has 0 saturated carbocycles.